The normalized spacial score (nSPS) is 11.6. The molecule has 0 saturated carbocycles. The molecule has 0 saturated heterocycles. The molecule has 0 aliphatic rings. The summed E-state index contributed by atoms with van der Waals surface area (Å²) in [5.41, 5.74) is 0.281. The summed E-state index contributed by atoms with van der Waals surface area (Å²) in [6, 6.07) is 13.2. The van der Waals surface area contributed by atoms with E-state index in [2.05, 4.69) is 6.92 Å². The molecule has 3 rings (SSSR count). The van der Waals surface area contributed by atoms with Gasteiger partial charge >= 0.3 is 0 Å². The van der Waals surface area contributed by atoms with E-state index in [1.165, 1.54) is 25.4 Å². The molecule has 26 heavy (non-hydrogen) atoms. The summed E-state index contributed by atoms with van der Waals surface area (Å²) in [4.78, 5) is 12.8. The van der Waals surface area contributed by atoms with Crippen molar-refractivity contribution in [1.82, 2.24) is 4.57 Å². The second-order valence-electron chi connectivity index (χ2n) is 6.07. The maximum atomic E-state index is 13.1. The van der Waals surface area contributed by atoms with Crippen LogP contribution in [0.5, 0.6) is 5.75 Å². The Kier molecular flexibility index (Phi) is 5.13. The summed E-state index contributed by atoms with van der Waals surface area (Å²) in [6.45, 7) is 2.72. The number of methoxy groups -OCH3 is 1. The highest BCUT2D eigenvalue weighted by atomic mass is 32.2. The van der Waals surface area contributed by atoms with Crippen LogP contribution in [-0.2, 0) is 16.4 Å². The number of ether oxygens (including phenoxy) is 1. The summed E-state index contributed by atoms with van der Waals surface area (Å²) in [6.07, 6.45) is 3.34. The maximum Gasteiger partial charge on any atom is 0.211 e. The first-order valence-corrected chi connectivity index (χ1v) is 9.98. The molecule has 0 aliphatic heterocycles. The molecule has 0 bridgehead atoms. The molecule has 5 nitrogen and oxygen atoms in total. The third-order valence-electron chi connectivity index (χ3n) is 4.37. The van der Waals surface area contributed by atoms with Crippen molar-refractivity contribution in [2.75, 3.05) is 7.11 Å². The predicted molar refractivity (Wildman–Crippen MR) is 102 cm³/mol. The number of unbranched alkanes of at least 4 members (excludes halogenated alkanes) is 1. The van der Waals surface area contributed by atoms with E-state index in [9.17, 15) is 13.2 Å². The van der Waals surface area contributed by atoms with Crippen LogP contribution in [0.1, 0.15) is 19.8 Å². The quantitative estimate of drug-likeness (QED) is 0.663. The molecule has 0 spiro atoms. The standard InChI is InChI=1S/C20H21NO4S/c1-3-4-13-21-14-19(20(22)17-7-5-6-8-18(17)21)26(23,24)16-11-9-15(25-2)10-12-16/h5-12,14H,3-4,13H2,1-2H3. The molecule has 1 aromatic heterocycles. The monoisotopic (exact) mass is 371 g/mol. The Morgan fingerprint density at radius 2 is 1.73 bits per heavy atom. The van der Waals surface area contributed by atoms with Crippen LogP contribution < -0.4 is 10.2 Å². The average Bonchev–Trinajstić information content (AvgIpc) is 2.67. The van der Waals surface area contributed by atoms with Gasteiger partial charge in [-0.1, -0.05) is 25.5 Å². The molecule has 0 N–H and O–H groups in total. The molecular weight excluding hydrogens is 350 g/mol. The summed E-state index contributed by atoms with van der Waals surface area (Å²) < 4.78 is 33.1. The fourth-order valence-electron chi connectivity index (χ4n) is 2.91. The Bertz CT molecular complexity index is 1080. The third kappa shape index (κ3) is 3.24. The Balaban J connectivity index is 2.22. The number of fused-ring (bicyclic) bond motifs is 1. The lowest BCUT2D eigenvalue weighted by atomic mass is 10.2. The Hall–Kier alpha value is -2.60. The molecule has 6 heteroatoms. The first-order chi connectivity index (χ1) is 12.5. The smallest absolute Gasteiger partial charge is 0.211 e. The molecule has 0 amide bonds. The fourth-order valence-corrected chi connectivity index (χ4v) is 4.27. The Morgan fingerprint density at radius 3 is 2.38 bits per heavy atom. The van der Waals surface area contributed by atoms with Crippen molar-refractivity contribution in [3.63, 3.8) is 0 Å². The van der Waals surface area contributed by atoms with E-state index in [0.717, 1.165) is 18.4 Å². The molecule has 0 aliphatic carbocycles. The van der Waals surface area contributed by atoms with Gasteiger partial charge in [-0.05, 0) is 42.8 Å². The lowest BCUT2D eigenvalue weighted by molar-refractivity contribution is 0.414. The van der Waals surface area contributed by atoms with Crippen LogP contribution in [0, 0.1) is 0 Å². The van der Waals surface area contributed by atoms with E-state index in [0.29, 0.717) is 17.7 Å². The second-order valence-corrected chi connectivity index (χ2v) is 7.98. The number of aryl methyl sites for hydroxylation is 1. The predicted octanol–water partition coefficient (Wildman–Crippen LogP) is 3.64. The van der Waals surface area contributed by atoms with Crippen LogP contribution in [-0.4, -0.2) is 20.1 Å². The Labute approximate surface area is 152 Å². The van der Waals surface area contributed by atoms with Crippen LogP contribution in [0.4, 0.5) is 0 Å². The van der Waals surface area contributed by atoms with E-state index < -0.39 is 15.3 Å². The first kappa shape index (κ1) is 18.2. The molecule has 0 atom stereocenters. The minimum atomic E-state index is -3.92. The molecule has 136 valence electrons. The van der Waals surface area contributed by atoms with Gasteiger partial charge in [-0.2, -0.15) is 0 Å². The highest BCUT2D eigenvalue weighted by Gasteiger charge is 2.23. The largest absolute Gasteiger partial charge is 0.497 e. The van der Waals surface area contributed by atoms with E-state index in [1.54, 1.807) is 24.3 Å². The molecule has 2 aromatic carbocycles. The number of pyridine rings is 1. The fraction of sp³-hybridized carbons (Fsp3) is 0.250. The zero-order valence-electron chi connectivity index (χ0n) is 14.8. The topological polar surface area (TPSA) is 65.4 Å². The number of para-hydroxylation sites is 1. The van der Waals surface area contributed by atoms with Gasteiger partial charge < -0.3 is 9.30 Å². The second kappa shape index (κ2) is 7.33. The van der Waals surface area contributed by atoms with E-state index >= 15 is 0 Å². The van der Waals surface area contributed by atoms with Gasteiger partial charge in [0.05, 0.1) is 17.5 Å². The third-order valence-corrected chi connectivity index (χ3v) is 6.13. The van der Waals surface area contributed by atoms with Gasteiger partial charge in [0.2, 0.25) is 15.3 Å². The number of hydrogen-bond donors (Lipinski definition) is 0. The summed E-state index contributed by atoms with van der Waals surface area (Å²) in [5.74, 6) is 0.558. The van der Waals surface area contributed by atoms with Gasteiger partial charge in [-0.3, -0.25) is 4.79 Å². The van der Waals surface area contributed by atoms with Crippen molar-refractivity contribution >= 4 is 20.7 Å². The molecule has 3 aromatic rings. The van der Waals surface area contributed by atoms with Gasteiger partial charge in [-0.15, -0.1) is 0 Å². The van der Waals surface area contributed by atoms with Crippen molar-refractivity contribution in [2.24, 2.45) is 0 Å². The van der Waals surface area contributed by atoms with Gasteiger partial charge in [0, 0.05) is 18.1 Å². The van der Waals surface area contributed by atoms with Crippen LogP contribution >= 0.6 is 0 Å². The van der Waals surface area contributed by atoms with Gasteiger partial charge in [0.15, 0.2) is 0 Å². The number of nitrogens with zero attached hydrogens (tertiary/aromatic N) is 1. The Morgan fingerprint density at radius 1 is 1.04 bits per heavy atom. The van der Waals surface area contributed by atoms with Gasteiger partial charge in [0.1, 0.15) is 10.6 Å². The zero-order chi connectivity index (χ0) is 18.7. The number of aromatic nitrogens is 1. The van der Waals surface area contributed by atoms with Crippen molar-refractivity contribution in [2.45, 2.75) is 36.1 Å². The highest BCUT2D eigenvalue weighted by Crippen LogP contribution is 2.23. The average molecular weight is 371 g/mol. The maximum absolute atomic E-state index is 13.1. The minimum absolute atomic E-state index is 0.0766. The van der Waals surface area contributed by atoms with Crippen LogP contribution in [0.25, 0.3) is 10.9 Å². The number of hydrogen-bond acceptors (Lipinski definition) is 4. The molecule has 1 heterocycles. The number of benzene rings is 2. The van der Waals surface area contributed by atoms with Crippen molar-refractivity contribution in [3.05, 3.63) is 65.0 Å². The van der Waals surface area contributed by atoms with Crippen molar-refractivity contribution < 1.29 is 13.2 Å². The lowest BCUT2D eigenvalue weighted by Crippen LogP contribution is -2.19. The van der Waals surface area contributed by atoms with Gasteiger partial charge in [0.25, 0.3) is 0 Å². The minimum Gasteiger partial charge on any atom is -0.497 e. The van der Waals surface area contributed by atoms with E-state index in [1.807, 2.05) is 16.7 Å². The van der Waals surface area contributed by atoms with Crippen molar-refractivity contribution in [3.8, 4) is 5.75 Å². The summed E-state index contributed by atoms with van der Waals surface area (Å²) >= 11 is 0. The van der Waals surface area contributed by atoms with Crippen LogP contribution in [0.3, 0.4) is 0 Å². The summed E-state index contributed by atoms with van der Waals surface area (Å²) in [5, 5.41) is 0.415. The van der Waals surface area contributed by atoms with Crippen LogP contribution in [0.2, 0.25) is 0 Å². The zero-order valence-corrected chi connectivity index (χ0v) is 15.6. The van der Waals surface area contributed by atoms with Crippen molar-refractivity contribution in [1.29, 1.82) is 0 Å². The molecule has 0 radical (unpaired) electrons. The SMILES string of the molecule is CCCCn1cc(S(=O)(=O)c2ccc(OC)cc2)c(=O)c2ccccc21. The molecule has 0 unspecified atom stereocenters. The van der Waals surface area contributed by atoms with E-state index in [-0.39, 0.29) is 9.79 Å². The van der Waals surface area contributed by atoms with Crippen LogP contribution in [0.15, 0.2) is 69.3 Å². The van der Waals surface area contributed by atoms with Gasteiger partial charge in [-0.25, -0.2) is 8.42 Å². The highest BCUT2D eigenvalue weighted by molar-refractivity contribution is 7.91. The van der Waals surface area contributed by atoms with E-state index in [4.69, 9.17) is 4.74 Å². The number of rotatable bonds is 6. The number of sulfone groups is 1. The first-order valence-electron chi connectivity index (χ1n) is 8.50. The lowest BCUT2D eigenvalue weighted by Gasteiger charge is -2.13. The molecule has 0 fully saturated rings. The summed E-state index contributed by atoms with van der Waals surface area (Å²) in [7, 11) is -2.41. The molecular formula is C20H21NO4S.